The Hall–Kier alpha value is -1.38. The summed E-state index contributed by atoms with van der Waals surface area (Å²) in [5.74, 6) is 4.74. The smallest absolute Gasteiger partial charge is 0.212 e. The highest BCUT2D eigenvalue weighted by atomic mass is 32.2. The van der Waals surface area contributed by atoms with Crippen molar-refractivity contribution in [2.45, 2.75) is 19.1 Å². The van der Waals surface area contributed by atoms with E-state index in [4.69, 9.17) is 0 Å². The van der Waals surface area contributed by atoms with Crippen LogP contribution in [0.2, 0.25) is 0 Å². The Morgan fingerprint density at radius 3 is 2.59 bits per heavy atom. The molecule has 0 fully saturated rings. The molecule has 0 atom stereocenters. The molecule has 0 saturated heterocycles. The van der Waals surface area contributed by atoms with E-state index in [1.807, 2.05) is 0 Å². The van der Waals surface area contributed by atoms with Gasteiger partial charge in [-0.2, -0.15) is 0 Å². The van der Waals surface area contributed by atoms with Crippen LogP contribution in [-0.4, -0.2) is 20.2 Å². The molecule has 3 nitrogen and oxygen atoms in total. The monoisotopic (exact) mass is 255 g/mol. The van der Waals surface area contributed by atoms with Gasteiger partial charge in [0.05, 0.1) is 17.4 Å². The van der Waals surface area contributed by atoms with E-state index in [1.54, 1.807) is 32.0 Å². The van der Waals surface area contributed by atoms with Crippen LogP contribution in [-0.2, 0) is 10.0 Å². The molecule has 0 aliphatic rings. The molecule has 17 heavy (non-hydrogen) atoms. The average Bonchev–Trinajstić information content (AvgIpc) is 2.26. The van der Waals surface area contributed by atoms with Crippen molar-refractivity contribution in [3.05, 3.63) is 35.6 Å². The summed E-state index contributed by atoms with van der Waals surface area (Å²) in [5.41, 5.74) is 0.260. The summed E-state index contributed by atoms with van der Waals surface area (Å²) in [4.78, 5) is 0. The van der Waals surface area contributed by atoms with Gasteiger partial charge in [0.25, 0.3) is 0 Å². The van der Waals surface area contributed by atoms with Gasteiger partial charge in [-0.05, 0) is 26.0 Å². The molecule has 1 aromatic carbocycles. The molecule has 0 radical (unpaired) electrons. The van der Waals surface area contributed by atoms with Gasteiger partial charge in [-0.15, -0.1) is 0 Å². The maximum atomic E-state index is 13.1. The lowest BCUT2D eigenvalue weighted by molar-refractivity contribution is 0.577. The van der Waals surface area contributed by atoms with E-state index in [-0.39, 0.29) is 12.1 Å². The number of benzene rings is 1. The summed E-state index contributed by atoms with van der Waals surface area (Å²) >= 11 is 0. The molecule has 0 aliphatic carbocycles. The molecule has 0 saturated carbocycles. The minimum absolute atomic E-state index is 0.0190. The summed E-state index contributed by atoms with van der Waals surface area (Å²) in [6.07, 6.45) is 0. The first-order chi connectivity index (χ1) is 7.93. The van der Waals surface area contributed by atoms with Crippen LogP contribution in [0.5, 0.6) is 0 Å². The minimum Gasteiger partial charge on any atom is -0.212 e. The standard InChI is InChI=1S/C12H14FNO2S/c1-10(2)17(15,16)14-9-5-7-11-6-3-4-8-12(11)13/h3-4,6,8,10,14H,9H2,1-2H3. The maximum absolute atomic E-state index is 13.1. The van der Waals surface area contributed by atoms with E-state index in [2.05, 4.69) is 16.6 Å². The molecule has 1 N–H and O–H groups in total. The van der Waals surface area contributed by atoms with Crippen LogP contribution in [0.1, 0.15) is 19.4 Å². The molecule has 0 aliphatic heterocycles. The van der Waals surface area contributed by atoms with E-state index < -0.39 is 21.1 Å². The highest BCUT2D eigenvalue weighted by molar-refractivity contribution is 7.90. The molecule has 92 valence electrons. The van der Waals surface area contributed by atoms with Crippen LogP contribution in [0.4, 0.5) is 4.39 Å². The van der Waals surface area contributed by atoms with Crippen molar-refractivity contribution >= 4 is 10.0 Å². The first kappa shape index (κ1) is 13.7. The van der Waals surface area contributed by atoms with E-state index in [0.29, 0.717) is 0 Å². The fraction of sp³-hybridized carbons (Fsp3) is 0.333. The van der Waals surface area contributed by atoms with Crippen molar-refractivity contribution in [3.8, 4) is 11.8 Å². The zero-order valence-electron chi connectivity index (χ0n) is 9.70. The fourth-order valence-electron chi connectivity index (χ4n) is 1.01. The molecule has 0 heterocycles. The number of hydrogen-bond acceptors (Lipinski definition) is 2. The zero-order chi connectivity index (χ0) is 12.9. The highest BCUT2D eigenvalue weighted by Gasteiger charge is 2.13. The van der Waals surface area contributed by atoms with E-state index >= 15 is 0 Å². The minimum atomic E-state index is -3.31. The van der Waals surface area contributed by atoms with Crippen LogP contribution >= 0.6 is 0 Å². The third-order valence-electron chi connectivity index (χ3n) is 2.08. The van der Waals surface area contributed by atoms with Gasteiger partial charge in [-0.25, -0.2) is 17.5 Å². The van der Waals surface area contributed by atoms with Crippen molar-refractivity contribution < 1.29 is 12.8 Å². The average molecular weight is 255 g/mol. The molecule has 0 amide bonds. The predicted molar refractivity (Wildman–Crippen MR) is 65.3 cm³/mol. The molecular formula is C12H14FNO2S. The van der Waals surface area contributed by atoms with Crippen molar-refractivity contribution in [3.63, 3.8) is 0 Å². The quantitative estimate of drug-likeness (QED) is 0.832. The SMILES string of the molecule is CC(C)S(=O)(=O)NCC#Cc1ccccc1F. The van der Waals surface area contributed by atoms with Crippen molar-refractivity contribution in [1.29, 1.82) is 0 Å². The second-order valence-electron chi connectivity index (χ2n) is 3.70. The van der Waals surface area contributed by atoms with Gasteiger partial charge >= 0.3 is 0 Å². The predicted octanol–water partition coefficient (Wildman–Crippen LogP) is 1.51. The Morgan fingerprint density at radius 1 is 1.35 bits per heavy atom. The molecule has 1 aromatic rings. The van der Waals surface area contributed by atoms with Crippen molar-refractivity contribution in [1.82, 2.24) is 4.72 Å². The second kappa shape index (κ2) is 5.80. The number of sulfonamides is 1. The normalized spacial score (nSPS) is 11.1. The maximum Gasteiger partial charge on any atom is 0.214 e. The van der Waals surface area contributed by atoms with E-state index in [9.17, 15) is 12.8 Å². The van der Waals surface area contributed by atoms with Gasteiger partial charge in [0.2, 0.25) is 10.0 Å². The molecule has 0 bridgehead atoms. The first-order valence-corrected chi connectivity index (χ1v) is 6.70. The lowest BCUT2D eigenvalue weighted by atomic mass is 10.2. The van der Waals surface area contributed by atoms with Gasteiger partial charge in [-0.1, -0.05) is 24.0 Å². The Kier molecular flexibility index (Phi) is 4.67. The first-order valence-electron chi connectivity index (χ1n) is 5.15. The summed E-state index contributed by atoms with van der Waals surface area (Å²) in [6.45, 7) is 3.13. The van der Waals surface area contributed by atoms with Crippen LogP contribution in [0, 0.1) is 17.7 Å². The molecular weight excluding hydrogens is 241 g/mol. The van der Waals surface area contributed by atoms with Crippen LogP contribution in [0.3, 0.4) is 0 Å². The van der Waals surface area contributed by atoms with Gasteiger partial charge in [0.15, 0.2) is 0 Å². The van der Waals surface area contributed by atoms with Crippen molar-refractivity contribution in [2.75, 3.05) is 6.54 Å². The Bertz CT molecular complexity index is 541. The molecule has 1 rings (SSSR count). The molecule has 0 spiro atoms. The Labute approximate surface area is 101 Å². The number of halogens is 1. The number of hydrogen-bond donors (Lipinski definition) is 1. The summed E-state index contributed by atoms with van der Waals surface area (Å²) in [6, 6.07) is 6.09. The number of rotatable bonds is 3. The van der Waals surface area contributed by atoms with E-state index in [0.717, 1.165) is 0 Å². The largest absolute Gasteiger partial charge is 0.214 e. The lowest BCUT2D eigenvalue weighted by Crippen LogP contribution is -2.30. The molecule has 5 heteroatoms. The zero-order valence-corrected chi connectivity index (χ0v) is 10.5. The Balaban J connectivity index is 2.63. The summed E-state index contributed by atoms with van der Waals surface area (Å²) < 4.78 is 38.2. The topological polar surface area (TPSA) is 46.2 Å². The summed E-state index contributed by atoms with van der Waals surface area (Å²) in [5, 5.41) is -0.502. The van der Waals surface area contributed by atoms with Crippen LogP contribution in [0.15, 0.2) is 24.3 Å². The van der Waals surface area contributed by atoms with Gasteiger partial charge < -0.3 is 0 Å². The van der Waals surface area contributed by atoms with E-state index in [1.165, 1.54) is 6.07 Å². The highest BCUT2D eigenvalue weighted by Crippen LogP contribution is 2.03. The Morgan fingerprint density at radius 2 is 2.00 bits per heavy atom. The fourth-order valence-corrected chi connectivity index (χ4v) is 1.61. The second-order valence-corrected chi connectivity index (χ2v) is 6.02. The summed E-state index contributed by atoms with van der Waals surface area (Å²) in [7, 11) is -3.31. The number of nitrogens with one attached hydrogen (secondary N) is 1. The van der Waals surface area contributed by atoms with Crippen LogP contribution < -0.4 is 4.72 Å². The molecule has 0 unspecified atom stereocenters. The van der Waals surface area contributed by atoms with Crippen molar-refractivity contribution in [2.24, 2.45) is 0 Å². The third kappa shape index (κ3) is 4.17. The van der Waals surface area contributed by atoms with Gasteiger partial charge in [0.1, 0.15) is 5.82 Å². The third-order valence-corrected chi connectivity index (χ3v) is 3.87. The lowest BCUT2D eigenvalue weighted by Gasteiger charge is -2.05. The van der Waals surface area contributed by atoms with Gasteiger partial charge in [-0.3, -0.25) is 0 Å². The van der Waals surface area contributed by atoms with Crippen LogP contribution in [0.25, 0.3) is 0 Å². The van der Waals surface area contributed by atoms with Gasteiger partial charge in [0, 0.05) is 0 Å². The molecule has 0 aromatic heterocycles.